The van der Waals surface area contributed by atoms with E-state index in [-0.39, 0.29) is 12.6 Å². The number of carboxylic acids is 1. The van der Waals surface area contributed by atoms with Gasteiger partial charge in [-0.15, -0.1) is 0 Å². The Hall–Kier alpha value is -1.96. The molecule has 1 aliphatic rings. The molecule has 132 valence electrons. The predicted molar refractivity (Wildman–Crippen MR) is 90.6 cm³/mol. The highest BCUT2D eigenvalue weighted by molar-refractivity contribution is 7.89. The van der Waals surface area contributed by atoms with Crippen LogP contribution < -0.4 is 0 Å². The van der Waals surface area contributed by atoms with Crippen LogP contribution in [0.4, 0.5) is 4.39 Å². The van der Waals surface area contributed by atoms with Crippen LogP contribution >= 0.6 is 11.6 Å². The molecule has 1 saturated carbocycles. The van der Waals surface area contributed by atoms with Gasteiger partial charge in [0.05, 0.1) is 15.5 Å². The standard InChI is InChI=1S/C17H15ClFNO4S/c18-16-14(17(21)22)8-13(9-15(16)19)25(23,24)20(12-6-7-12)10-11-4-2-1-3-5-11/h1-5,8-9,12H,6-7,10H2,(H,21,22). The van der Waals surface area contributed by atoms with Gasteiger partial charge in [0.2, 0.25) is 10.0 Å². The lowest BCUT2D eigenvalue weighted by molar-refractivity contribution is 0.0696. The van der Waals surface area contributed by atoms with Crippen molar-refractivity contribution in [3.63, 3.8) is 0 Å². The maximum Gasteiger partial charge on any atom is 0.337 e. The molecule has 0 atom stereocenters. The minimum absolute atomic E-state index is 0.139. The zero-order valence-corrected chi connectivity index (χ0v) is 14.6. The molecule has 0 aliphatic heterocycles. The number of carbonyl (C=O) groups is 1. The Morgan fingerprint density at radius 2 is 1.88 bits per heavy atom. The van der Waals surface area contributed by atoms with Crippen LogP contribution in [-0.2, 0) is 16.6 Å². The summed E-state index contributed by atoms with van der Waals surface area (Å²) in [7, 11) is -4.06. The molecule has 1 fully saturated rings. The second kappa shape index (κ2) is 6.74. The SMILES string of the molecule is O=C(O)c1cc(S(=O)(=O)N(Cc2ccccc2)C2CC2)cc(F)c1Cl. The van der Waals surface area contributed by atoms with E-state index >= 15 is 0 Å². The van der Waals surface area contributed by atoms with Gasteiger partial charge in [0, 0.05) is 12.6 Å². The van der Waals surface area contributed by atoms with Crippen LogP contribution in [0, 0.1) is 5.82 Å². The first kappa shape index (κ1) is 17.8. The molecule has 0 saturated heterocycles. The van der Waals surface area contributed by atoms with Crippen molar-refractivity contribution < 1.29 is 22.7 Å². The van der Waals surface area contributed by atoms with Crippen LogP contribution in [0.5, 0.6) is 0 Å². The van der Waals surface area contributed by atoms with Gasteiger partial charge < -0.3 is 5.11 Å². The van der Waals surface area contributed by atoms with Crippen molar-refractivity contribution in [1.29, 1.82) is 0 Å². The molecule has 3 rings (SSSR count). The summed E-state index contributed by atoms with van der Waals surface area (Å²) < 4.78 is 41.2. The summed E-state index contributed by atoms with van der Waals surface area (Å²) in [6, 6.07) is 10.5. The Kier molecular flexibility index (Phi) is 4.81. The normalized spacial score (nSPS) is 14.7. The van der Waals surface area contributed by atoms with Crippen molar-refractivity contribution in [2.24, 2.45) is 0 Å². The van der Waals surface area contributed by atoms with E-state index in [2.05, 4.69) is 0 Å². The number of rotatable bonds is 6. The fourth-order valence-electron chi connectivity index (χ4n) is 2.54. The Morgan fingerprint density at radius 3 is 2.44 bits per heavy atom. The first-order valence-corrected chi connectivity index (χ1v) is 9.40. The number of hydrogen-bond acceptors (Lipinski definition) is 3. The van der Waals surface area contributed by atoms with E-state index in [9.17, 15) is 17.6 Å². The number of halogens is 2. The number of nitrogens with zero attached hydrogens (tertiary/aromatic N) is 1. The molecule has 0 heterocycles. The second-order valence-corrected chi connectivity index (χ2v) is 8.11. The molecular weight excluding hydrogens is 369 g/mol. The van der Waals surface area contributed by atoms with Gasteiger partial charge in [0.1, 0.15) is 5.82 Å². The van der Waals surface area contributed by atoms with Gasteiger partial charge in [0.25, 0.3) is 0 Å². The van der Waals surface area contributed by atoms with Gasteiger partial charge in [-0.1, -0.05) is 41.9 Å². The molecule has 0 unspecified atom stereocenters. The molecule has 0 spiro atoms. The summed E-state index contributed by atoms with van der Waals surface area (Å²) in [4.78, 5) is 10.8. The number of benzene rings is 2. The molecule has 1 N–H and O–H groups in total. The van der Waals surface area contributed by atoms with Gasteiger partial charge in [-0.2, -0.15) is 4.31 Å². The molecule has 0 radical (unpaired) electrons. The average Bonchev–Trinajstić information content (AvgIpc) is 3.40. The van der Waals surface area contributed by atoms with Crippen LogP contribution in [0.15, 0.2) is 47.4 Å². The fourth-order valence-corrected chi connectivity index (χ4v) is 4.44. The third kappa shape index (κ3) is 3.68. The van der Waals surface area contributed by atoms with Crippen LogP contribution in [0.25, 0.3) is 0 Å². The average molecular weight is 384 g/mol. The van der Waals surface area contributed by atoms with Crippen molar-refractivity contribution in [1.82, 2.24) is 4.31 Å². The molecule has 0 amide bonds. The maximum absolute atomic E-state index is 14.0. The number of sulfonamides is 1. The minimum Gasteiger partial charge on any atom is -0.478 e. The lowest BCUT2D eigenvalue weighted by Gasteiger charge is -2.22. The zero-order chi connectivity index (χ0) is 18.2. The van der Waals surface area contributed by atoms with Crippen LogP contribution in [0.1, 0.15) is 28.8 Å². The van der Waals surface area contributed by atoms with Crippen LogP contribution in [0.3, 0.4) is 0 Å². The Labute approximate surface area is 149 Å². The van der Waals surface area contributed by atoms with E-state index in [0.29, 0.717) is 12.8 Å². The Bertz CT molecular complexity index is 914. The van der Waals surface area contributed by atoms with E-state index in [1.54, 1.807) is 24.3 Å². The monoisotopic (exact) mass is 383 g/mol. The van der Waals surface area contributed by atoms with E-state index in [1.807, 2.05) is 6.07 Å². The molecule has 2 aromatic rings. The number of carboxylic acid groups (broad SMARTS) is 1. The topological polar surface area (TPSA) is 74.7 Å². The highest BCUT2D eigenvalue weighted by Gasteiger charge is 2.38. The highest BCUT2D eigenvalue weighted by Crippen LogP contribution is 2.35. The van der Waals surface area contributed by atoms with E-state index in [1.165, 1.54) is 4.31 Å². The van der Waals surface area contributed by atoms with Crippen molar-refractivity contribution in [2.75, 3.05) is 0 Å². The van der Waals surface area contributed by atoms with Gasteiger partial charge in [0.15, 0.2) is 0 Å². The van der Waals surface area contributed by atoms with Crippen LogP contribution in [-0.4, -0.2) is 29.8 Å². The molecule has 2 aromatic carbocycles. The first-order chi connectivity index (χ1) is 11.8. The summed E-state index contributed by atoms with van der Waals surface area (Å²) in [5, 5.41) is 8.51. The lowest BCUT2D eigenvalue weighted by atomic mass is 10.2. The zero-order valence-electron chi connectivity index (χ0n) is 13.0. The summed E-state index contributed by atoms with van der Waals surface area (Å²) in [5.41, 5.74) is 0.224. The van der Waals surface area contributed by atoms with Gasteiger partial charge in [-0.05, 0) is 30.5 Å². The third-order valence-corrected chi connectivity index (χ3v) is 6.23. The summed E-state index contributed by atoms with van der Waals surface area (Å²) in [6.45, 7) is 0.139. The summed E-state index contributed by atoms with van der Waals surface area (Å²) in [5.74, 6) is -2.56. The molecule has 5 nitrogen and oxygen atoms in total. The summed E-state index contributed by atoms with van der Waals surface area (Å²) >= 11 is 5.63. The third-order valence-electron chi connectivity index (χ3n) is 3.97. The minimum atomic E-state index is -4.06. The molecular formula is C17H15ClFNO4S. The predicted octanol–water partition coefficient (Wildman–Crippen LogP) is 3.53. The second-order valence-electron chi connectivity index (χ2n) is 5.84. The molecule has 1 aliphatic carbocycles. The molecule has 0 bridgehead atoms. The van der Waals surface area contributed by atoms with Gasteiger partial charge >= 0.3 is 5.97 Å². The van der Waals surface area contributed by atoms with Crippen molar-refractivity contribution in [3.05, 3.63) is 64.4 Å². The van der Waals surface area contributed by atoms with Crippen LogP contribution in [0.2, 0.25) is 5.02 Å². The Morgan fingerprint density at radius 1 is 1.24 bits per heavy atom. The fraction of sp³-hybridized carbons (Fsp3) is 0.235. The van der Waals surface area contributed by atoms with E-state index in [0.717, 1.165) is 17.7 Å². The number of aromatic carboxylic acids is 1. The Balaban J connectivity index is 2.03. The maximum atomic E-state index is 14.0. The van der Waals surface area contributed by atoms with E-state index < -0.39 is 37.3 Å². The summed E-state index contributed by atoms with van der Waals surface area (Å²) in [6.07, 6.45) is 1.43. The quantitative estimate of drug-likeness (QED) is 0.828. The van der Waals surface area contributed by atoms with Crippen molar-refractivity contribution in [2.45, 2.75) is 30.3 Å². The molecule has 0 aromatic heterocycles. The smallest absolute Gasteiger partial charge is 0.337 e. The van der Waals surface area contributed by atoms with Crippen molar-refractivity contribution in [3.8, 4) is 0 Å². The molecule has 8 heteroatoms. The molecule has 25 heavy (non-hydrogen) atoms. The lowest BCUT2D eigenvalue weighted by Crippen LogP contribution is -2.33. The van der Waals surface area contributed by atoms with Gasteiger partial charge in [-0.25, -0.2) is 17.6 Å². The van der Waals surface area contributed by atoms with E-state index in [4.69, 9.17) is 16.7 Å². The van der Waals surface area contributed by atoms with Gasteiger partial charge in [-0.3, -0.25) is 0 Å². The first-order valence-electron chi connectivity index (χ1n) is 7.59. The largest absolute Gasteiger partial charge is 0.478 e. The highest BCUT2D eigenvalue weighted by atomic mass is 35.5. The van der Waals surface area contributed by atoms with Crippen molar-refractivity contribution >= 4 is 27.6 Å². The number of hydrogen-bond donors (Lipinski definition) is 1.